The summed E-state index contributed by atoms with van der Waals surface area (Å²) >= 11 is 0. The van der Waals surface area contributed by atoms with Crippen molar-refractivity contribution in [3.63, 3.8) is 0 Å². The Labute approximate surface area is 219 Å². The van der Waals surface area contributed by atoms with Crippen LogP contribution >= 0.6 is 0 Å². The van der Waals surface area contributed by atoms with Crippen molar-refractivity contribution in [1.29, 1.82) is 0 Å². The van der Waals surface area contributed by atoms with Crippen molar-refractivity contribution in [2.24, 2.45) is 0 Å². The second-order valence-corrected chi connectivity index (χ2v) is 8.21. The molecule has 1 unspecified atom stereocenters. The lowest BCUT2D eigenvalue weighted by atomic mass is 9.77. The summed E-state index contributed by atoms with van der Waals surface area (Å²) in [4.78, 5) is 38.9. The third kappa shape index (κ3) is 5.39. The Bertz CT molecular complexity index is 1360. The quantitative estimate of drug-likeness (QED) is 0.327. The largest absolute Gasteiger partial charge is 0.497 e. The average molecular weight is 515 g/mol. The van der Waals surface area contributed by atoms with Crippen molar-refractivity contribution >= 4 is 11.9 Å². The fourth-order valence-corrected chi connectivity index (χ4v) is 4.08. The van der Waals surface area contributed by atoms with Crippen LogP contribution in [0.15, 0.2) is 84.9 Å². The lowest BCUT2D eigenvalue weighted by molar-refractivity contribution is -0.148. The maximum Gasteiger partial charge on any atom is 0.348 e. The predicted octanol–water partition coefficient (Wildman–Crippen LogP) is 3.40. The Kier molecular flexibility index (Phi) is 7.81. The van der Waals surface area contributed by atoms with Gasteiger partial charge in [-0.1, -0.05) is 60.7 Å². The maximum absolute atomic E-state index is 13.7. The summed E-state index contributed by atoms with van der Waals surface area (Å²) in [5, 5.41) is 13.5. The monoisotopic (exact) mass is 514 g/mol. The highest BCUT2D eigenvalue weighted by Gasteiger charge is 2.50. The first-order valence-corrected chi connectivity index (χ1v) is 11.6. The van der Waals surface area contributed by atoms with Crippen molar-refractivity contribution in [2.75, 3.05) is 14.2 Å². The minimum atomic E-state index is -1.71. The molecule has 194 valence electrons. The minimum absolute atomic E-state index is 0.0380. The van der Waals surface area contributed by atoms with E-state index in [1.807, 2.05) is 0 Å². The highest BCUT2D eigenvalue weighted by Crippen LogP contribution is 2.36. The van der Waals surface area contributed by atoms with E-state index in [1.54, 1.807) is 91.9 Å². The average Bonchev–Trinajstić information content (AvgIpc) is 2.95. The number of rotatable bonds is 10. The summed E-state index contributed by atoms with van der Waals surface area (Å²) in [6, 6.07) is 23.6. The van der Waals surface area contributed by atoms with E-state index in [2.05, 4.69) is 20.3 Å². The van der Waals surface area contributed by atoms with Gasteiger partial charge in [-0.2, -0.15) is 9.97 Å². The molecule has 3 aromatic carbocycles. The van der Waals surface area contributed by atoms with Crippen molar-refractivity contribution in [3.05, 3.63) is 107 Å². The number of hydrogen-bond donors (Lipinski definition) is 2. The second-order valence-electron chi connectivity index (χ2n) is 8.21. The Balaban J connectivity index is 1.92. The minimum Gasteiger partial charge on any atom is -0.497 e. The third-order valence-electron chi connectivity index (χ3n) is 5.85. The Morgan fingerprint density at radius 3 is 1.84 bits per heavy atom. The molecule has 0 bridgehead atoms. The van der Waals surface area contributed by atoms with Crippen LogP contribution in [0, 0.1) is 6.92 Å². The summed E-state index contributed by atoms with van der Waals surface area (Å²) in [6.45, 7) is 1.60. The first-order chi connectivity index (χ1) is 18.4. The Morgan fingerprint density at radius 1 is 0.789 bits per heavy atom. The van der Waals surface area contributed by atoms with E-state index < -0.39 is 23.5 Å². The van der Waals surface area contributed by atoms with Crippen LogP contribution < -0.4 is 19.5 Å². The zero-order valence-electron chi connectivity index (χ0n) is 21.0. The number of nitrogens with zero attached hydrogens (tertiary/aromatic N) is 3. The molecule has 1 atom stereocenters. The van der Waals surface area contributed by atoms with Gasteiger partial charge < -0.3 is 24.6 Å². The van der Waals surface area contributed by atoms with E-state index in [9.17, 15) is 14.7 Å². The smallest absolute Gasteiger partial charge is 0.348 e. The van der Waals surface area contributed by atoms with Gasteiger partial charge in [0.2, 0.25) is 6.10 Å². The van der Waals surface area contributed by atoms with E-state index in [4.69, 9.17) is 14.2 Å². The molecule has 1 aromatic heterocycles. The number of amides is 1. The molecule has 2 N–H and O–H groups in total. The third-order valence-corrected chi connectivity index (χ3v) is 5.85. The van der Waals surface area contributed by atoms with Crippen LogP contribution in [0.25, 0.3) is 0 Å². The van der Waals surface area contributed by atoms with Gasteiger partial charge in [0, 0.05) is 5.56 Å². The number of carboxylic acids is 1. The number of aliphatic carboxylic acids is 1. The molecule has 4 rings (SSSR count). The maximum atomic E-state index is 13.7. The summed E-state index contributed by atoms with van der Waals surface area (Å²) in [6.07, 6.45) is -1.71. The van der Waals surface area contributed by atoms with E-state index >= 15 is 0 Å². The number of aryl methyl sites for hydroxylation is 1. The van der Waals surface area contributed by atoms with E-state index in [0.29, 0.717) is 22.4 Å². The fourth-order valence-electron chi connectivity index (χ4n) is 4.08. The van der Waals surface area contributed by atoms with Crippen LogP contribution in [0.4, 0.5) is 0 Å². The first kappa shape index (κ1) is 26.1. The lowest BCUT2D eigenvalue weighted by Gasteiger charge is -2.39. The van der Waals surface area contributed by atoms with Gasteiger partial charge in [-0.15, -0.1) is 4.98 Å². The first-order valence-electron chi connectivity index (χ1n) is 11.6. The molecule has 0 fully saturated rings. The number of benzene rings is 3. The summed E-state index contributed by atoms with van der Waals surface area (Å²) < 4.78 is 16.3. The second kappa shape index (κ2) is 11.4. The molecule has 0 radical (unpaired) electrons. The fraction of sp³-hybridized carbons (Fsp3) is 0.179. The van der Waals surface area contributed by atoms with Crippen molar-refractivity contribution in [2.45, 2.75) is 18.6 Å². The van der Waals surface area contributed by atoms with Crippen LogP contribution in [-0.2, 0) is 10.3 Å². The Hall–Kier alpha value is -4.99. The molecule has 0 aliphatic heterocycles. The van der Waals surface area contributed by atoms with Crippen molar-refractivity contribution in [1.82, 2.24) is 20.3 Å². The van der Waals surface area contributed by atoms with Crippen molar-refractivity contribution in [3.8, 4) is 17.8 Å². The summed E-state index contributed by atoms with van der Waals surface area (Å²) in [7, 11) is 2.90. The molecule has 4 aromatic rings. The van der Waals surface area contributed by atoms with Gasteiger partial charge in [0.05, 0.1) is 14.2 Å². The van der Waals surface area contributed by atoms with Gasteiger partial charge in [-0.3, -0.25) is 4.79 Å². The van der Waals surface area contributed by atoms with Gasteiger partial charge in [-0.05, 0) is 42.3 Å². The molecule has 0 saturated carbocycles. The van der Waals surface area contributed by atoms with Crippen LogP contribution in [0.1, 0.15) is 27.3 Å². The van der Waals surface area contributed by atoms with E-state index in [-0.39, 0.29) is 17.8 Å². The molecule has 0 saturated heterocycles. The van der Waals surface area contributed by atoms with Gasteiger partial charge in [0.15, 0.2) is 0 Å². The molecular weight excluding hydrogens is 488 g/mol. The SMILES string of the molecule is COc1ccc(C(=O)NC(c2ccccc2)(c2ccccc2)C(Oc2nc(C)nc(OC)n2)C(=O)O)cc1. The number of methoxy groups -OCH3 is 2. The molecule has 10 nitrogen and oxygen atoms in total. The van der Waals surface area contributed by atoms with Crippen LogP contribution in [0.5, 0.6) is 17.8 Å². The molecular formula is C28H26N4O6. The number of hydrogen-bond acceptors (Lipinski definition) is 8. The van der Waals surface area contributed by atoms with Crippen LogP contribution in [-0.4, -0.2) is 52.3 Å². The highest BCUT2D eigenvalue weighted by atomic mass is 16.5. The molecule has 38 heavy (non-hydrogen) atoms. The standard InChI is InChI=1S/C28H26N4O6/c1-18-29-26(37-3)31-27(30-18)38-23(25(34)35)28(20-10-6-4-7-11-20,21-12-8-5-9-13-21)32-24(33)19-14-16-22(36-2)17-15-19/h4-17,23H,1-3H3,(H,32,33)(H,34,35). The summed E-state index contributed by atoms with van der Waals surface area (Å²) in [5.41, 5.74) is -0.473. The Morgan fingerprint density at radius 2 is 1.34 bits per heavy atom. The highest BCUT2D eigenvalue weighted by molar-refractivity contribution is 5.96. The number of ether oxygens (including phenoxy) is 3. The number of aromatic nitrogens is 3. The normalized spacial score (nSPS) is 11.8. The van der Waals surface area contributed by atoms with E-state index in [0.717, 1.165) is 0 Å². The zero-order chi connectivity index (χ0) is 27.1. The van der Waals surface area contributed by atoms with Crippen molar-refractivity contribution < 1.29 is 28.9 Å². The van der Waals surface area contributed by atoms with Gasteiger partial charge >= 0.3 is 18.0 Å². The molecule has 0 aliphatic rings. The van der Waals surface area contributed by atoms with Gasteiger partial charge in [0.1, 0.15) is 17.1 Å². The topological polar surface area (TPSA) is 133 Å². The van der Waals surface area contributed by atoms with Crippen LogP contribution in [0.3, 0.4) is 0 Å². The molecule has 0 spiro atoms. The van der Waals surface area contributed by atoms with Gasteiger partial charge in [-0.25, -0.2) is 4.79 Å². The lowest BCUT2D eigenvalue weighted by Crippen LogP contribution is -2.60. The molecule has 1 amide bonds. The number of carbonyl (C=O) groups is 2. The predicted molar refractivity (Wildman–Crippen MR) is 137 cm³/mol. The van der Waals surface area contributed by atoms with Gasteiger partial charge in [0.25, 0.3) is 5.91 Å². The number of carbonyl (C=O) groups excluding carboxylic acids is 1. The zero-order valence-corrected chi connectivity index (χ0v) is 21.0. The molecule has 10 heteroatoms. The number of carboxylic acid groups (broad SMARTS) is 1. The molecule has 1 heterocycles. The van der Waals surface area contributed by atoms with Crippen LogP contribution in [0.2, 0.25) is 0 Å². The number of nitrogens with one attached hydrogen (secondary N) is 1. The van der Waals surface area contributed by atoms with E-state index in [1.165, 1.54) is 14.2 Å². The molecule has 0 aliphatic carbocycles. The summed E-state index contributed by atoms with van der Waals surface area (Å²) in [5.74, 6) is -1.04.